The number of benzene rings is 13. The molecule has 13 aromatic carbocycles. The minimum absolute atomic E-state index is 0.0462. The SMILES string of the molecule is CC1(C)C2=C(CCC(N(c3ccc4c(c3)C(C)(C)C3=C4C=CCC3)c3ccc4c(c3)C(C)(C)c3ccccc3-4)=C2)c2ccc(-c3cc4cc(-c5ccc6c(c5)C(C)(C)c5cc(N(c7ccc8c(c7)C(C)(C)C7=C8C=CCC7)c7ccc8c(c7)C(C)(C)c7ccccc7-8)ccc5-6)c5ccccc5c4c4ccccc34)cc21. The standard InChI is InChI=1S/C108H92N2/c1-103(2)90-33-21-17-27-74(90)80-47-39-66(57-96(80)103)109(67-40-48-81-75-28-18-22-34-91(75)104(3,4)97(81)58-67)70-43-51-84-78-45-37-63(55-94(78)107(9,10)100(84)61-70)88-53-65-54-89(73-26-14-16-32-87(73)102(65)86-31-15-13-25-72(86)88)64-38-46-79-85-52-44-71(62-101(85)108(11,12)95(79)56-64)110(68-41-49-82-76-29-19-23-35-92(76)105(5,6)98(82)59-68)69-42-50-83-77-30-20-24-36-93(77)106(7,8)99(83)60-69/h13-21,23,25-33,35,37-43,45-51,53-62H,22,24,34,36,44,52H2,1-12H3. The first-order valence-corrected chi connectivity index (χ1v) is 40.5. The van der Waals surface area contributed by atoms with E-state index in [0.29, 0.717) is 0 Å². The molecule has 0 bridgehead atoms. The van der Waals surface area contributed by atoms with Crippen LogP contribution in [0.1, 0.15) is 188 Å². The summed E-state index contributed by atoms with van der Waals surface area (Å²) >= 11 is 0. The van der Waals surface area contributed by atoms with Gasteiger partial charge in [-0.05, 0) is 307 Å². The Morgan fingerprint density at radius 1 is 0.264 bits per heavy atom. The Hall–Kier alpha value is -11.3. The molecule has 9 aliphatic rings. The highest BCUT2D eigenvalue weighted by atomic mass is 15.2. The summed E-state index contributed by atoms with van der Waals surface area (Å²) < 4.78 is 0. The highest BCUT2D eigenvalue weighted by Crippen LogP contribution is 2.61. The van der Waals surface area contributed by atoms with E-state index >= 15 is 0 Å². The van der Waals surface area contributed by atoms with Crippen LogP contribution in [0.3, 0.4) is 0 Å². The van der Waals surface area contributed by atoms with Gasteiger partial charge in [0.1, 0.15) is 0 Å². The molecule has 0 saturated heterocycles. The van der Waals surface area contributed by atoms with Crippen molar-refractivity contribution in [2.45, 2.75) is 154 Å². The van der Waals surface area contributed by atoms with Gasteiger partial charge in [0.25, 0.3) is 0 Å². The second kappa shape index (κ2) is 22.7. The number of nitrogens with zero attached hydrogens (tertiary/aromatic N) is 2. The topological polar surface area (TPSA) is 6.48 Å². The molecule has 0 heterocycles. The van der Waals surface area contributed by atoms with E-state index in [1.165, 1.54) is 211 Å². The van der Waals surface area contributed by atoms with E-state index in [2.05, 4.69) is 360 Å². The largest absolute Gasteiger partial charge is 0.314 e. The molecular weight excluding hydrogens is 1330 g/mol. The molecule has 13 aromatic rings. The highest BCUT2D eigenvalue weighted by molar-refractivity contribution is 6.26. The second-order valence-electron chi connectivity index (χ2n) is 36.4. The fraction of sp³-hybridized carbons (Fsp3) is 0.222. The summed E-state index contributed by atoms with van der Waals surface area (Å²) in [7, 11) is 0. The van der Waals surface area contributed by atoms with Crippen LogP contribution in [-0.4, -0.2) is 0 Å². The van der Waals surface area contributed by atoms with Crippen LogP contribution in [0.2, 0.25) is 0 Å². The minimum atomic E-state index is -0.302. The van der Waals surface area contributed by atoms with Crippen LogP contribution in [0.15, 0.2) is 289 Å². The van der Waals surface area contributed by atoms with Gasteiger partial charge in [0, 0.05) is 66.6 Å². The molecule has 0 N–H and O–H groups in total. The molecule has 22 rings (SSSR count). The normalized spacial score (nSPS) is 18.5. The maximum absolute atomic E-state index is 2.65. The molecular formula is C108H92N2. The first-order valence-electron chi connectivity index (χ1n) is 40.5. The van der Waals surface area contributed by atoms with E-state index in [1.807, 2.05) is 0 Å². The van der Waals surface area contributed by atoms with Crippen molar-refractivity contribution in [1.29, 1.82) is 0 Å². The van der Waals surface area contributed by atoms with Gasteiger partial charge in [0.15, 0.2) is 0 Å². The van der Waals surface area contributed by atoms with Gasteiger partial charge in [-0.3, -0.25) is 0 Å². The van der Waals surface area contributed by atoms with Crippen molar-refractivity contribution in [3.8, 4) is 55.6 Å². The lowest BCUT2D eigenvalue weighted by Crippen LogP contribution is -2.23. The predicted molar refractivity (Wildman–Crippen MR) is 466 cm³/mol. The molecule has 110 heavy (non-hydrogen) atoms. The second-order valence-corrected chi connectivity index (χ2v) is 36.4. The minimum Gasteiger partial charge on any atom is -0.314 e. The molecule has 0 spiro atoms. The van der Waals surface area contributed by atoms with Gasteiger partial charge in [-0.15, -0.1) is 0 Å². The summed E-state index contributed by atoms with van der Waals surface area (Å²) in [4.78, 5) is 5.21. The Balaban J connectivity index is 0.629. The zero-order valence-electron chi connectivity index (χ0n) is 65.5. The van der Waals surface area contributed by atoms with Gasteiger partial charge in [-0.1, -0.05) is 270 Å². The molecule has 0 unspecified atom stereocenters. The molecule has 0 fully saturated rings. The lowest BCUT2D eigenvalue weighted by atomic mass is 9.78. The highest BCUT2D eigenvalue weighted by Gasteiger charge is 2.45. The zero-order valence-corrected chi connectivity index (χ0v) is 65.5. The van der Waals surface area contributed by atoms with Crippen LogP contribution >= 0.6 is 0 Å². The molecule has 0 atom stereocenters. The Morgan fingerprint density at radius 2 is 0.618 bits per heavy atom. The third-order valence-electron chi connectivity index (χ3n) is 28.6. The summed E-state index contributed by atoms with van der Waals surface area (Å²) in [6.45, 7) is 29.4. The van der Waals surface area contributed by atoms with E-state index in [0.717, 1.165) is 38.5 Å². The lowest BCUT2D eigenvalue weighted by Gasteiger charge is -2.34. The number of allylic oxidation sites excluding steroid dienone is 12. The average Bonchev–Trinajstić information content (AvgIpc) is 1.31. The number of hydrogen-bond donors (Lipinski definition) is 0. The molecule has 2 heteroatoms. The van der Waals surface area contributed by atoms with Crippen LogP contribution in [0, 0.1) is 0 Å². The molecule has 0 amide bonds. The summed E-state index contributed by atoms with van der Waals surface area (Å²) in [5.41, 5.74) is 45.2. The molecule has 2 nitrogen and oxygen atoms in total. The summed E-state index contributed by atoms with van der Waals surface area (Å²) in [6.07, 6.45) is 18.5. The monoisotopic (exact) mass is 1420 g/mol. The van der Waals surface area contributed by atoms with Crippen molar-refractivity contribution in [1.82, 2.24) is 0 Å². The van der Waals surface area contributed by atoms with Crippen molar-refractivity contribution in [3.05, 3.63) is 356 Å². The van der Waals surface area contributed by atoms with Crippen LogP contribution in [0.25, 0.3) is 105 Å². The van der Waals surface area contributed by atoms with Gasteiger partial charge >= 0.3 is 0 Å². The first-order chi connectivity index (χ1) is 53.1. The average molecular weight is 1420 g/mol. The van der Waals surface area contributed by atoms with Crippen molar-refractivity contribution < 1.29 is 0 Å². The van der Waals surface area contributed by atoms with Gasteiger partial charge in [-0.2, -0.15) is 0 Å². The van der Waals surface area contributed by atoms with Gasteiger partial charge in [0.2, 0.25) is 0 Å². The number of anilines is 5. The number of fused-ring (bicyclic) bond motifs is 20. The molecule has 0 aromatic heterocycles. The number of hydrogen-bond acceptors (Lipinski definition) is 2. The van der Waals surface area contributed by atoms with Gasteiger partial charge in [-0.25, -0.2) is 0 Å². The Morgan fingerprint density at radius 3 is 1.08 bits per heavy atom. The quantitative estimate of drug-likeness (QED) is 0.140. The van der Waals surface area contributed by atoms with Crippen LogP contribution in [-0.2, 0) is 32.5 Å². The Labute approximate surface area is 648 Å². The van der Waals surface area contributed by atoms with E-state index in [9.17, 15) is 0 Å². The summed E-state index contributed by atoms with van der Waals surface area (Å²) in [5, 5.41) is 7.69. The predicted octanol–water partition coefficient (Wildman–Crippen LogP) is 29.2. The molecule has 534 valence electrons. The maximum Gasteiger partial charge on any atom is 0.0465 e. The summed E-state index contributed by atoms with van der Waals surface area (Å²) in [6, 6.07) is 93.2. The maximum atomic E-state index is 2.65. The Kier molecular flexibility index (Phi) is 13.5. The van der Waals surface area contributed by atoms with Crippen molar-refractivity contribution in [3.63, 3.8) is 0 Å². The molecule has 0 aliphatic heterocycles. The fourth-order valence-electron chi connectivity index (χ4n) is 22.7. The third kappa shape index (κ3) is 8.94. The van der Waals surface area contributed by atoms with Crippen LogP contribution in [0.5, 0.6) is 0 Å². The smallest absolute Gasteiger partial charge is 0.0465 e. The van der Waals surface area contributed by atoms with Gasteiger partial charge < -0.3 is 9.80 Å². The lowest BCUT2D eigenvalue weighted by molar-refractivity contribution is 0.607. The number of rotatable bonds is 8. The summed E-state index contributed by atoms with van der Waals surface area (Å²) in [5.74, 6) is 0. The van der Waals surface area contributed by atoms with E-state index < -0.39 is 0 Å². The molecule has 0 saturated carbocycles. The zero-order chi connectivity index (χ0) is 74.6. The molecule has 9 aliphatic carbocycles. The van der Waals surface area contributed by atoms with E-state index in [4.69, 9.17) is 0 Å². The first kappa shape index (κ1) is 65.7. The Bertz CT molecular complexity index is 6580. The van der Waals surface area contributed by atoms with Gasteiger partial charge in [0.05, 0.1) is 0 Å². The fourth-order valence-corrected chi connectivity index (χ4v) is 22.7. The van der Waals surface area contributed by atoms with E-state index in [1.54, 1.807) is 11.1 Å². The van der Waals surface area contributed by atoms with Crippen molar-refractivity contribution in [2.24, 2.45) is 0 Å². The molecule has 0 radical (unpaired) electrons. The third-order valence-corrected chi connectivity index (χ3v) is 28.6. The van der Waals surface area contributed by atoms with E-state index in [-0.39, 0.29) is 32.5 Å². The van der Waals surface area contributed by atoms with Crippen LogP contribution < -0.4 is 9.80 Å². The van der Waals surface area contributed by atoms with Crippen LogP contribution in [0.4, 0.5) is 28.4 Å². The van der Waals surface area contributed by atoms with Crippen molar-refractivity contribution >= 4 is 77.5 Å². The van der Waals surface area contributed by atoms with Crippen molar-refractivity contribution in [2.75, 3.05) is 9.80 Å².